The van der Waals surface area contributed by atoms with Gasteiger partial charge in [0.15, 0.2) is 17.3 Å². The third-order valence-electron chi connectivity index (χ3n) is 7.12. The third kappa shape index (κ3) is 5.78. The molecule has 0 amide bonds. The summed E-state index contributed by atoms with van der Waals surface area (Å²) in [5.74, 6) is 0.594. The number of nitrogens with two attached hydrogens (primary N) is 1. The van der Waals surface area contributed by atoms with Crippen molar-refractivity contribution in [1.29, 1.82) is 5.26 Å². The van der Waals surface area contributed by atoms with Crippen molar-refractivity contribution in [2.75, 3.05) is 27.4 Å². The summed E-state index contributed by atoms with van der Waals surface area (Å²) in [6, 6.07) is 12.1. The highest BCUT2D eigenvalue weighted by Gasteiger charge is 2.44. The second-order valence-electron chi connectivity index (χ2n) is 10.5. The molecule has 40 heavy (non-hydrogen) atoms. The van der Waals surface area contributed by atoms with E-state index in [1.54, 1.807) is 25.3 Å². The molecule has 2 aromatic rings. The normalized spacial score (nSPS) is 18.4. The van der Waals surface area contributed by atoms with Crippen LogP contribution in [0.4, 0.5) is 5.69 Å². The number of nitro groups is 1. The van der Waals surface area contributed by atoms with Crippen molar-refractivity contribution >= 4 is 34.1 Å². The van der Waals surface area contributed by atoms with Crippen LogP contribution in [0.2, 0.25) is 0 Å². The molecular weight excluding hydrogens is 627 g/mol. The van der Waals surface area contributed by atoms with Gasteiger partial charge in [-0.2, -0.15) is 5.26 Å². The lowest BCUT2D eigenvalue weighted by atomic mass is 9.68. The summed E-state index contributed by atoms with van der Waals surface area (Å²) in [4.78, 5) is 26.0. The molecule has 1 atom stereocenters. The highest BCUT2D eigenvalue weighted by molar-refractivity contribution is 14.1. The second kappa shape index (κ2) is 11.9. The SMILES string of the molecule is COCCN1C(N)=C(C#N)[C@H](c2cc(I)c(OCc3ccc([N+](=O)[O-])cc3)c(OC)c2)C2=C1CC(C)(C)CC2=O. The molecule has 2 aromatic carbocycles. The number of methoxy groups -OCH3 is 2. The number of non-ortho nitro benzene ring substituents is 1. The van der Waals surface area contributed by atoms with Crippen LogP contribution in [0.25, 0.3) is 0 Å². The van der Waals surface area contributed by atoms with E-state index in [4.69, 9.17) is 19.9 Å². The summed E-state index contributed by atoms with van der Waals surface area (Å²) in [6.45, 7) is 5.10. The number of nitro benzene ring substituents is 1. The first kappa shape index (κ1) is 29.4. The average Bonchev–Trinajstić information content (AvgIpc) is 2.90. The van der Waals surface area contributed by atoms with Gasteiger partial charge in [-0.1, -0.05) is 13.8 Å². The number of benzene rings is 2. The fourth-order valence-corrected chi connectivity index (χ4v) is 6.04. The Morgan fingerprint density at radius 3 is 2.52 bits per heavy atom. The van der Waals surface area contributed by atoms with Crippen molar-refractivity contribution < 1.29 is 23.9 Å². The van der Waals surface area contributed by atoms with Crippen LogP contribution >= 0.6 is 22.6 Å². The molecule has 0 saturated heterocycles. The molecule has 0 radical (unpaired) electrons. The maximum atomic E-state index is 13.7. The molecule has 0 bridgehead atoms. The minimum atomic E-state index is -0.645. The number of rotatable bonds is 9. The zero-order valence-electron chi connectivity index (χ0n) is 22.8. The van der Waals surface area contributed by atoms with Crippen molar-refractivity contribution in [1.82, 2.24) is 4.90 Å². The van der Waals surface area contributed by atoms with Crippen LogP contribution < -0.4 is 15.2 Å². The van der Waals surface area contributed by atoms with Gasteiger partial charge in [-0.3, -0.25) is 14.9 Å². The lowest BCUT2D eigenvalue weighted by Crippen LogP contribution is -2.43. The molecule has 0 saturated carbocycles. The molecular formula is C29H31IN4O6. The van der Waals surface area contributed by atoms with Crippen molar-refractivity contribution in [3.05, 3.63) is 83.9 Å². The zero-order chi connectivity index (χ0) is 29.2. The van der Waals surface area contributed by atoms with E-state index >= 15 is 0 Å². The van der Waals surface area contributed by atoms with E-state index in [9.17, 15) is 20.2 Å². The number of Topliss-reactive ketones (excluding diaryl/α,β-unsaturated/α-hetero) is 1. The van der Waals surface area contributed by atoms with Gasteiger partial charge in [0.2, 0.25) is 0 Å². The standard InChI is InChI=1S/C29H31IN4O6/c1-29(2)13-22-26(23(35)14-29)25(20(15-31)28(32)33(22)9-10-38-3)18-11-21(30)27(24(12-18)39-4)40-16-17-5-7-19(8-6-17)34(36)37/h5-8,11-12,25H,9-10,13-14,16,32H2,1-4H3/t25-/m0/s1. The van der Waals surface area contributed by atoms with Crippen molar-refractivity contribution in [3.8, 4) is 17.6 Å². The molecule has 2 aliphatic rings. The Kier molecular flexibility index (Phi) is 8.70. The minimum Gasteiger partial charge on any atom is -0.493 e. The monoisotopic (exact) mass is 658 g/mol. The molecule has 0 unspecified atom stereocenters. The molecule has 4 rings (SSSR count). The van der Waals surface area contributed by atoms with Crippen LogP contribution in [-0.2, 0) is 16.1 Å². The number of ether oxygens (including phenoxy) is 3. The van der Waals surface area contributed by atoms with Gasteiger partial charge in [0.1, 0.15) is 12.4 Å². The van der Waals surface area contributed by atoms with Gasteiger partial charge >= 0.3 is 0 Å². The van der Waals surface area contributed by atoms with Gasteiger partial charge in [-0.25, -0.2) is 0 Å². The predicted octanol–water partition coefficient (Wildman–Crippen LogP) is 5.17. The van der Waals surface area contributed by atoms with E-state index in [0.29, 0.717) is 60.0 Å². The third-order valence-corrected chi connectivity index (χ3v) is 7.92. The van der Waals surface area contributed by atoms with Gasteiger partial charge in [0.25, 0.3) is 5.69 Å². The Morgan fingerprint density at radius 1 is 1.23 bits per heavy atom. The number of nitriles is 1. The number of halogens is 1. The fourth-order valence-electron chi connectivity index (χ4n) is 5.26. The largest absolute Gasteiger partial charge is 0.493 e. The van der Waals surface area contributed by atoms with E-state index in [1.165, 1.54) is 19.2 Å². The predicted molar refractivity (Wildman–Crippen MR) is 156 cm³/mol. The van der Waals surface area contributed by atoms with Crippen LogP contribution in [-0.4, -0.2) is 43.0 Å². The lowest BCUT2D eigenvalue weighted by Gasteiger charge is -2.43. The van der Waals surface area contributed by atoms with E-state index in [2.05, 4.69) is 42.5 Å². The van der Waals surface area contributed by atoms with E-state index in [0.717, 1.165) is 14.8 Å². The van der Waals surface area contributed by atoms with Crippen molar-refractivity contribution in [3.63, 3.8) is 0 Å². The Bertz CT molecular complexity index is 1440. The van der Waals surface area contributed by atoms with Gasteiger partial charge in [0.05, 0.1) is 39.8 Å². The summed E-state index contributed by atoms with van der Waals surface area (Å²) in [5.41, 5.74) is 9.53. The Balaban J connectivity index is 1.75. The summed E-state index contributed by atoms with van der Waals surface area (Å²) >= 11 is 2.14. The van der Waals surface area contributed by atoms with Gasteiger partial charge in [0, 0.05) is 43.5 Å². The Labute approximate surface area is 246 Å². The number of hydrogen-bond donors (Lipinski definition) is 1. The molecule has 2 N–H and O–H groups in total. The van der Waals surface area contributed by atoms with Crippen LogP contribution in [0.15, 0.2) is 59.1 Å². The van der Waals surface area contributed by atoms with Gasteiger partial charge < -0.3 is 24.8 Å². The van der Waals surface area contributed by atoms with Crippen LogP contribution in [0, 0.1) is 30.4 Å². The first-order valence-electron chi connectivity index (χ1n) is 12.7. The highest BCUT2D eigenvalue weighted by Crippen LogP contribution is 2.50. The average molecular weight is 658 g/mol. The molecule has 11 heteroatoms. The van der Waals surface area contributed by atoms with Gasteiger partial charge in [-0.15, -0.1) is 0 Å². The molecule has 1 heterocycles. The fraction of sp³-hybridized carbons (Fsp3) is 0.379. The zero-order valence-corrected chi connectivity index (χ0v) is 25.0. The second-order valence-corrected chi connectivity index (χ2v) is 11.7. The highest BCUT2D eigenvalue weighted by atomic mass is 127. The summed E-state index contributed by atoms with van der Waals surface area (Å²) in [7, 11) is 3.12. The number of hydrogen-bond acceptors (Lipinski definition) is 9. The first-order valence-corrected chi connectivity index (χ1v) is 13.7. The summed E-state index contributed by atoms with van der Waals surface area (Å²) < 4.78 is 17.8. The lowest BCUT2D eigenvalue weighted by molar-refractivity contribution is -0.384. The van der Waals surface area contributed by atoms with Crippen LogP contribution in [0.1, 0.15) is 43.7 Å². The number of allylic oxidation sites excluding steroid dienone is 3. The maximum absolute atomic E-state index is 13.7. The summed E-state index contributed by atoms with van der Waals surface area (Å²) in [6.07, 6.45) is 1.00. The van der Waals surface area contributed by atoms with Gasteiger partial charge in [-0.05, 0) is 69.8 Å². The van der Waals surface area contributed by atoms with E-state index in [1.807, 2.05) is 11.0 Å². The quantitative estimate of drug-likeness (QED) is 0.220. The molecule has 0 fully saturated rings. The van der Waals surface area contributed by atoms with Crippen LogP contribution in [0.5, 0.6) is 11.5 Å². The number of carbonyl (C=O) groups excluding carboxylic acids is 1. The molecule has 1 aliphatic heterocycles. The molecule has 10 nitrogen and oxygen atoms in total. The molecule has 0 aromatic heterocycles. The first-order chi connectivity index (χ1) is 19.0. The number of ketones is 1. The molecule has 210 valence electrons. The smallest absolute Gasteiger partial charge is 0.269 e. The number of nitrogens with zero attached hydrogens (tertiary/aromatic N) is 3. The number of carbonyl (C=O) groups is 1. The van der Waals surface area contributed by atoms with E-state index < -0.39 is 10.8 Å². The van der Waals surface area contributed by atoms with Crippen LogP contribution in [0.3, 0.4) is 0 Å². The summed E-state index contributed by atoms with van der Waals surface area (Å²) in [5, 5.41) is 21.2. The van der Waals surface area contributed by atoms with Crippen molar-refractivity contribution in [2.24, 2.45) is 11.1 Å². The van der Waals surface area contributed by atoms with E-state index in [-0.39, 0.29) is 23.5 Å². The topological polar surface area (TPSA) is 141 Å². The van der Waals surface area contributed by atoms with Crippen molar-refractivity contribution in [2.45, 2.75) is 39.2 Å². The Hall–Kier alpha value is -3.63. The molecule has 1 aliphatic carbocycles. The molecule has 0 spiro atoms. The Morgan fingerprint density at radius 2 is 1.93 bits per heavy atom. The minimum absolute atomic E-state index is 0.00322. The maximum Gasteiger partial charge on any atom is 0.269 e.